The molecule has 0 radical (unpaired) electrons. The molecule has 8 heteroatoms. The number of carbonyl (C=O) groups is 3. The third-order valence-corrected chi connectivity index (χ3v) is 4.32. The van der Waals surface area contributed by atoms with Crippen LogP contribution < -0.4 is 10.1 Å². The Bertz CT molecular complexity index is 753. The van der Waals surface area contributed by atoms with Gasteiger partial charge in [0.15, 0.2) is 6.10 Å². The summed E-state index contributed by atoms with van der Waals surface area (Å²) in [5.74, 6) is -1.39. The molecule has 2 rings (SSSR count). The highest BCUT2D eigenvalue weighted by molar-refractivity contribution is 7.09. The lowest BCUT2D eigenvalue weighted by molar-refractivity contribution is -0.127. The van der Waals surface area contributed by atoms with Crippen molar-refractivity contribution in [3.05, 3.63) is 51.7 Å². The Labute approximate surface area is 154 Å². The van der Waals surface area contributed by atoms with Crippen LogP contribution in [0.15, 0.2) is 35.7 Å². The number of thiophene rings is 1. The van der Waals surface area contributed by atoms with Crippen LogP contribution in [0.3, 0.4) is 0 Å². The molecule has 26 heavy (non-hydrogen) atoms. The van der Waals surface area contributed by atoms with E-state index in [9.17, 15) is 14.4 Å². The molecule has 0 saturated heterocycles. The van der Waals surface area contributed by atoms with Gasteiger partial charge in [0.2, 0.25) is 0 Å². The monoisotopic (exact) mass is 377 g/mol. The molecule has 0 aliphatic rings. The Kier molecular flexibility index (Phi) is 6.74. The normalized spacial score (nSPS) is 11.3. The summed E-state index contributed by atoms with van der Waals surface area (Å²) in [7, 11) is 2.46. The Morgan fingerprint density at radius 1 is 1.08 bits per heavy atom. The van der Waals surface area contributed by atoms with Gasteiger partial charge in [-0.3, -0.25) is 4.79 Å². The van der Waals surface area contributed by atoms with Crippen LogP contribution in [0.2, 0.25) is 0 Å². The third-order valence-electron chi connectivity index (χ3n) is 3.45. The second-order valence-electron chi connectivity index (χ2n) is 5.29. The van der Waals surface area contributed by atoms with Crippen molar-refractivity contribution in [1.82, 2.24) is 5.32 Å². The van der Waals surface area contributed by atoms with Gasteiger partial charge in [-0.1, -0.05) is 6.07 Å². The zero-order valence-corrected chi connectivity index (χ0v) is 15.4. The fourth-order valence-electron chi connectivity index (χ4n) is 2.13. The minimum Gasteiger partial charge on any atom is -0.481 e. The minimum atomic E-state index is -0.826. The van der Waals surface area contributed by atoms with Crippen LogP contribution >= 0.6 is 11.3 Å². The molecule has 0 bridgehead atoms. The maximum Gasteiger partial charge on any atom is 0.338 e. The van der Waals surface area contributed by atoms with E-state index in [1.54, 1.807) is 6.92 Å². The van der Waals surface area contributed by atoms with Gasteiger partial charge < -0.3 is 19.5 Å². The molecule has 0 spiro atoms. The molecule has 0 aliphatic carbocycles. The van der Waals surface area contributed by atoms with Crippen molar-refractivity contribution in [2.75, 3.05) is 14.2 Å². The van der Waals surface area contributed by atoms with Crippen LogP contribution in [0.4, 0.5) is 0 Å². The number of benzene rings is 1. The lowest BCUT2D eigenvalue weighted by Gasteiger charge is -2.16. The highest BCUT2D eigenvalue weighted by Gasteiger charge is 2.18. The van der Waals surface area contributed by atoms with Crippen molar-refractivity contribution < 1.29 is 28.6 Å². The quantitative estimate of drug-likeness (QED) is 0.745. The van der Waals surface area contributed by atoms with Crippen molar-refractivity contribution in [2.24, 2.45) is 0 Å². The number of ether oxygens (including phenoxy) is 3. The summed E-state index contributed by atoms with van der Waals surface area (Å²) in [5.41, 5.74) is 0.244. The van der Waals surface area contributed by atoms with Crippen molar-refractivity contribution in [3.63, 3.8) is 0 Å². The summed E-state index contributed by atoms with van der Waals surface area (Å²) >= 11 is 1.54. The van der Waals surface area contributed by atoms with Gasteiger partial charge in [0.05, 0.1) is 31.9 Å². The zero-order valence-electron chi connectivity index (χ0n) is 14.6. The molecule has 1 aromatic heterocycles. The SMILES string of the molecule is COC(=O)c1cc(O[C@H](C)C(=O)NCc2cccs2)cc(C(=O)OC)c1. The van der Waals surface area contributed by atoms with Crippen LogP contribution in [-0.2, 0) is 20.8 Å². The van der Waals surface area contributed by atoms with Crippen LogP contribution in [0, 0.1) is 0 Å². The molecular formula is C18H19NO6S. The number of methoxy groups -OCH3 is 2. The van der Waals surface area contributed by atoms with Gasteiger partial charge >= 0.3 is 11.9 Å². The predicted octanol–water partition coefficient (Wildman–Crippen LogP) is 2.41. The molecule has 7 nitrogen and oxygen atoms in total. The Hall–Kier alpha value is -2.87. The van der Waals surface area contributed by atoms with Gasteiger partial charge in [-0.05, 0) is 36.6 Å². The maximum absolute atomic E-state index is 12.2. The highest BCUT2D eigenvalue weighted by atomic mass is 32.1. The molecule has 1 heterocycles. The van der Waals surface area contributed by atoms with E-state index in [0.29, 0.717) is 6.54 Å². The van der Waals surface area contributed by atoms with Gasteiger partial charge in [-0.2, -0.15) is 0 Å². The molecule has 1 N–H and O–H groups in total. The summed E-state index contributed by atoms with van der Waals surface area (Å²) < 4.78 is 14.9. The molecule has 0 saturated carbocycles. The van der Waals surface area contributed by atoms with Crippen LogP contribution in [-0.4, -0.2) is 38.2 Å². The molecule has 0 aliphatic heterocycles. The predicted molar refractivity (Wildman–Crippen MR) is 95.4 cm³/mol. The van der Waals surface area contributed by atoms with E-state index in [4.69, 9.17) is 4.74 Å². The first-order valence-corrected chi connectivity index (χ1v) is 8.61. The van der Waals surface area contributed by atoms with Gasteiger partial charge in [-0.25, -0.2) is 9.59 Å². The number of nitrogens with one attached hydrogen (secondary N) is 1. The number of rotatable bonds is 7. The minimum absolute atomic E-state index is 0.122. The van der Waals surface area contributed by atoms with Crippen molar-refractivity contribution in [3.8, 4) is 5.75 Å². The van der Waals surface area contributed by atoms with Crippen LogP contribution in [0.25, 0.3) is 0 Å². The molecule has 138 valence electrons. The van der Waals surface area contributed by atoms with Crippen molar-refractivity contribution >= 4 is 29.2 Å². The van der Waals surface area contributed by atoms with E-state index < -0.39 is 18.0 Å². The van der Waals surface area contributed by atoms with Crippen LogP contribution in [0.5, 0.6) is 5.75 Å². The molecule has 1 amide bonds. The second-order valence-corrected chi connectivity index (χ2v) is 6.32. The first-order valence-electron chi connectivity index (χ1n) is 7.73. The molecule has 1 aromatic carbocycles. The fraction of sp³-hybridized carbons (Fsp3) is 0.278. The fourth-order valence-corrected chi connectivity index (χ4v) is 2.77. The Morgan fingerprint density at radius 2 is 1.69 bits per heavy atom. The topological polar surface area (TPSA) is 90.9 Å². The average Bonchev–Trinajstić information content (AvgIpc) is 3.17. The molecular weight excluding hydrogens is 358 g/mol. The van der Waals surface area contributed by atoms with Crippen LogP contribution in [0.1, 0.15) is 32.5 Å². The standard InChI is InChI=1S/C18H19NO6S/c1-11(16(20)19-10-15-5-4-6-26-15)25-14-8-12(17(21)23-2)7-13(9-14)18(22)24-3/h4-9,11H,10H2,1-3H3,(H,19,20)/t11-/m1/s1. The van der Waals surface area contributed by atoms with E-state index in [0.717, 1.165) is 4.88 Å². The van der Waals surface area contributed by atoms with Gasteiger partial charge in [0, 0.05) is 4.88 Å². The van der Waals surface area contributed by atoms with Crippen molar-refractivity contribution in [1.29, 1.82) is 0 Å². The molecule has 2 aromatic rings. The summed E-state index contributed by atoms with van der Waals surface area (Å²) in [6.07, 6.45) is -0.826. The highest BCUT2D eigenvalue weighted by Crippen LogP contribution is 2.20. The summed E-state index contributed by atoms with van der Waals surface area (Å²) in [6, 6.07) is 7.96. The number of carbonyl (C=O) groups excluding carboxylic acids is 3. The van der Waals surface area contributed by atoms with E-state index in [1.165, 1.54) is 43.8 Å². The number of esters is 2. The van der Waals surface area contributed by atoms with Gasteiger partial charge in [0.1, 0.15) is 5.75 Å². The first-order chi connectivity index (χ1) is 12.4. The maximum atomic E-state index is 12.2. The molecule has 0 fully saturated rings. The third kappa shape index (κ3) is 5.06. The average molecular weight is 377 g/mol. The lowest BCUT2D eigenvalue weighted by atomic mass is 10.1. The molecule has 1 atom stereocenters. The zero-order chi connectivity index (χ0) is 19.1. The van der Waals surface area contributed by atoms with E-state index >= 15 is 0 Å². The number of amides is 1. The van der Waals surface area contributed by atoms with E-state index in [-0.39, 0.29) is 22.8 Å². The lowest BCUT2D eigenvalue weighted by Crippen LogP contribution is -2.35. The largest absolute Gasteiger partial charge is 0.481 e. The molecule has 0 unspecified atom stereocenters. The number of hydrogen-bond donors (Lipinski definition) is 1. The van der Waals surface area contributed by atoms with E-state index in [2.05, 4.69) is 14.8 Å². The van der Waals surface area contributed by atoms with Gasteiger partial charge in [-0.15, -0.1) is 11.3 Å². The van der Waals surface area contributed by atoms with Gasteiger partial charge in [0.25, 0.3) is 5.91 Å². The van der Waals surface area contributed by atoms with Crippen molar-refractivity contribution in [2.45, 2.75) is 19.6 Å². The van der Waals surface area contributed by atoms with E-state index in [1.807, 2.05) is 17.5 Å². The summed E-state index contributed by atoms with van der Waals surface area (Å²) in [6.45, 7) is 1.98. The smallest absolute Gasteiger partial charge is 0.338 e. The Balaban J connectivity index is 2.11. The second kappa shape index (κ2) is 9.00. The first kappa shape index (κ1) is 19.5. The summed E-state index contributed by atoms with van der Waals surface area (Å²) in [4.78, 5) is 36.7. The number of hydrogen-bond acceptors (Lipinski definition) is 7. The Morgan fingerprint density at radius 3 is 2.19 bits per heavy atom. The summed E-state index contributed by atoms with van der Waals surface area (Å²) in [5, 5.41) is 4.69.